The summed E-state index contributed by atoms with van der Waals surface area (Å²) >= 11 is 5.51. The molecule has 1 aromatic rings. The number of amides is 2. The Hall–Kier alpha value is -1.76. The molecule has 4 nitrogen and oxygen atoms in total. The summed E-state index contributed by atoms with van der Waals surface area (Å²) in [6.45, 7) is 0.288. The summed E-state index contributed by atoms with van der Waals surface area (Å²) in [6, 6.07) is 2.15. The standard InChI is InChI=1S/C13H12ClF3N2O2/c14-9-4-3-7(6-8(9)13(15,16)17)12(21)19-5-1-2-10(19)11(18)20/h3-4,6,10H,1-2,5H2,(H2,18,20)/t10-/m0/s1. The summed E-state index contributed by atoms with van der Waals surface area (Å²) in [5.41, 5.74) is 3.95. The molecule has 2 N–H and O–H groups in total. The van der Waals surface area contributed by atoms with Crippen LogP contribution in [0.25, 0.3) is 0 Å². The zero-order valence-corrected chi connectivity index (χ0v) is 11.5. The first-order valence-electron chi connectivity index (χ1n) is 6.19. The van der Waals surface area contributed by atoms with Crippen LogP contribution < -0.4 is 5.73 Å². The number of likely N-dealkylation sites (tertiary alicyclic amines) is 1. The molecule has 1 heterocycles. The van der Waals surface area contributed by atoms with Crippen LogP contribution in [0.4, 0.5) is 13.2 Å². The molecule has 1 aliphatic rings. The molecule has 2 rings (SSSR count). The monoisotopic (exact) mass is 320 g/mol. The van der Waals surface area contributed by atoms with Crippen molar-refractivity contribution in [3.63, 3.8) is 0 Å². The normalized spacial score (nSPS) is 18.9. The molecule has 114 valence electrons. The molecule has 0 aliphatic carbocycles. The second-order valence-electron chi connectivity index (χ2n) is 4.75. The van der Waals surface area contributed by atoms with Crippen molar-refractivity contribution < 1.29 is 22.8 Å². The lowest BCUT2D eigenvalue weighted by atomic mass is 10.1. The average Bonchev–Trinajstić information content (AvgIpc) is 2.86. The van der Waals surface area contributed by atoms with E-state index in [2.05, 4.69) is 0 Å². The Morgan fingerprint density at radius 3 is 2.57 bits per heavy atom. The van der Waals surface area contributed by atoms with Crippen LogP contribution in [0.2, 0.25) is 5.02 Å². The van der Waals surface area contributed by atoms with Crippen molar-refractivity contribution in [2.24, 2.45) is 5.73 Å². The molecular formula is C13H12ClF3N2O2. The Balaban J connectivity index is 2.34. The first-order chi connectivity index (χ1) is 9.71. The van der Waals surface area contributed by atoms with Crippen molar-refractivity contribution in [3.8, 4) is 0 Å². The van der Waals surface area contributed by atoms with Crippen molar-refractivity contribution in [2.45, 2.75) is 25.1 Å². The van der Waals surface area contributed by atoms with Crippen molar-refractivity contribution in [3.05, 3.63) is 34.3 Å². The molecule has 1 aliphatic heterocycles. The van der Waals surface area contributed by atoms with E-state index >= 15 is 0 Å². The molecule has 2 amide bonds. The van der Waals surface area contributed by atoms with E-state index in [1.807, 2.05) is 0 Å². The molecule has 0 spiro atoms. The van der Waals surface area contributed by atoms with Gasteiger partial charge in [-0.15, -0.1) is 0 Å². The minimum atomic E-state index is -4.65. The van der Waals surface area contributed by atoms with E-state index in [1.54, 1.807) is 0 Å². The number of alkyl halides is 3. The van der Waals surface area contributed by atoms with Crippen LogP contribution in [0.3, 0.4) is 0 Å². The largest absolute Gasteiger partial charge is 0.417 e. The minimum Gasteiger partial charge on any atom is -0.368 e. The Kier molecular flexibility index (Phi) is 4.13. The number of benzene rings is 1. The van der Waals surface area contributed by atoms with Gasteiger partial charge in [0.05, 0.1) is 10.6 Å². The van der Waals surface area contributed by atoms with E-state index in [0.29, 0.717) is 18.9 Å². The lowest BCUT2D eigenvalue weighted by Crippen LogP contribution is -2.43. The quantitative estimate of drug-likeness (QED) is 0.909. The number of primary amides is 1. The second kappa shape index (κ2) is 5.55. The number of carbonyl (C=O) groups excluding carboxylic acids is 2. The SMILES string of the molecule is NC(=O)[C@@H]1CCCN1C(=O)c1ccc(Cl)c(C(F)(F)F)c1. The minimum absolute atomic E-state index is 0.167. The average molecular weight is 321 g/mol. The summed E-state index contributed by atoms with van der Waals surface area (Å²) in [7, 11) is 0. The predicted molar refractivity (Wildman–Crippen MR) is 69.7 cm³/mol. The molecule has 0 aromatic heterocycles. The summed E-state index contributed by atoms with van der Waals surface area (Å²) in [5, 5.41) is -0.480. The van der Waals surface area contributed by atoms with Gasteiger partial charge in [0.1, 0.15) is 6.04 Å². The highest BCUT2D eigenvalue weighted by Gasteiger charge is 2.36. The third kappa shape index (κ3) is 3.12. The van der Waals surface area contributed by atoms with Crippen LogP contribution >= 0.6 is 11.6 Å². The van der Waals surface area contributed by atoms with Crippen molar-refractivity contribution >= 4 is 23.4 Å². The van der Waals surface area contributed by atoms with Crippen LogP contribution in [-0.2, 0) is 11.0 Å². The molecule has 1 atom stereocenters. The zero-order chi connectivity index (χ0) is 15.8. The van der Waals surface area contributed by atoms with Gasteiger partial charge in [0.2, 0.25) is 5.91 Å². The van der Waals surface area contributed by atoms with Gasteiger partial charge in [-0.05, 0) is 31.0 Å². The maximum atomic E-state index is 12.8. The number of carbonyl (C=O) groups is 2. The Morgan fingerprint density at radius 2 is 2.00 bits per heavy atom. The number of nitrogens with two attached hydrogens (primary N) is 1. The van der Waals surface area contributed by atoms with Crippen LogP contribution in [-0.4, -0.2) is 29.3 Å². The summed E-state index contributed by atoms with van der Waals surface area (Å²) in [6.07, 6.45) is -3.65. The molecule has 0 saturated carbocycles. The summed E-state index contributed by atoms with van der Waals surface area (Å²) < 4.78 is 38.4. The van der Waals surface area contributed by atoms with E-state index in [-0.39, 0.29) is 12.1 Å². The fraction of sp³-hybridized carbons (Fsp3) is 0.385. The highest BCUT2D eigenvalue weighted by Crippen LogP contribution is 2.35. The molecule has 1 fully saturated rings. The van der Waals surface area contributed by atoms with E-state index in [1.165, 1.54) is 11.0 Å². The van der Waals surface area contributed by atoms with Gasteiger partial charge in [-0.3, -0.25) is 9.59 Å². The fourth-order valence-electron chi connectivity index (χ4n) is 2.35. The first-order valence-corrected chi connectivity index (χ1v) is 6.56. The molecule has 1 aromatic carbocycles. The molecule has 8 heteroatoms. The zero-order valence-electron chi connectivity index (χ0n) is 10.8. The molecule has 0 bridgehead atoms. The van der Waals surface area contributed by atoms with Gasteiger partial charge in [-0.1, -0.05) is 11.6 Å². The smallest absolute Gasteiger partial charge is 0.368 e. The van der Waals surface area contributed by atoms with Gasteiger partial charge in [0, 0.05) is 12.1 Å². The maximum Gasteiger partial charge on any atom is 0.417 e. The van der Waals surface area contributed by atoms with Crippen molar-refractivity contribution in [1.82, 2.24) is 4.90 Å². The van der Waals surface area contributed by atoms with Crippen LogP contribution in [0.5, 0.6) is 0 Å². The lowest BCUT2D eigenvalue weighted by molar-refractivity contribution is -0.137. The number of nitrogens with zero attached hydrogens (tertiary/aromatic N) is 1. The third-order valence-electron chi connectivity index (χ3n) is 3.36. The Morgan fingerprint density at radius 1 is 1.33 bits per heavy atom. The first kappa shape index (κ1) is 15.6. The van der Waals surface area contributed by atoms with Crippen molar-refractivity contribution in [2.75, 3.05) is 6.54 Å². The highest BCUT2D eigenvalue weighted by atomic mass is 35.5. The van der Waals surface area contributed by atoms with Crippen LogP contribution in [0, 0.1) is 0 Å². The Bertz CT molecular complexity index is 589. The van der Waals surface area contributed by atoms with E-state index < -0.39 is 34.6 Å². The number of halogens is 4. The predicted octanol–water partition coefficient (Wildman–Crippen LogP) is 2.45. The third-order valence-corrected chi connectivity index (χ3v) is 3.69. The molecule has 0 radical (unpaired) electrons. The number of rotatable bonds is 2. The van der Waals surface area contributed by atoms with E-state index in [4.69, 9.17) is 17.3 Å². The van der Waals surface area contributed by atoms with Gasteiger partial charge in [0.25, 0.3) is 5.91 Å². The second-order valence-corrected chi connectivity index (χ2v) is 5.16. The topological polar surface area (TPSA) is 63.4 Å². The van der Waals surface area contributed by atoms with Gasteiger partial charge in [0.15, 0.2) is 0 Å². The van der Waals surface area contributed by atoms with Crippen molar-refractivity contribution in [1.29, 1.82) is 0 Å². The molecule has 21 heavy (non-hydrogen) atoms. The van der Waals surface area contributed by atoms with Gasteiger partial charge in [-0.2, -0.15) is 13.2 Å². The number of hydrogen-bond donors (Lipinski definition) is 1. The van der Waals surface area contributed by atoms with Gasteiger partial charge in [-0.25, -0.2) is 0 Å². The maximum absolute atomic E-state index is 12.8. The summed E-state index contributed by atoms with van der Waals surface area (Å²) in [5.74, 6) is -1.32. The fourth-order valence-corrected chi connectivity index (χ4v) is 2.57. The van der Waals surface area contributed by atoms with Crippen LogP contribution in [0.15, 0.2) is 18.2 Å². The van der Waals surface area contributed by atoms with E-state index in [0.717, 1.165) is 6.07 Å². The molecular weight excluding hydrogens is 309 g/mol. The Labute approximate surface area is 123 Å². The van der Waals surface area contributed by atoms with Gasteiger partial charge >= 0.3 is 6.18 Å². The highest BCUT2D eigenvalue weighted by molar-refractivity contribution is 6.31. The van der Waals surface area contributed by atoms with Gasteiger partial charge < -0.3 is 10.6 Å². The summed E-state index contributed by atoms with van der Waals surface area (Å²) in [4.78, 5) is 24.7. The molecule has 0 unspecified atom stereocenters. The lowest BCUT2D eigenvalue weighted by Gasteiger charge is -2.22. The van der Waals surface area contributed by atoms with E-state index in [9.17, 15) is 22.8 Å². The van der Waals surface area contributed by atoms with Crippen LogP contribution in [0.1, 0.15) is 28.8 Å². The molecule has 1 saturated heterocycles. The number of hydrogen-bond acceptors (Lipinski definition) is 2.